The maximum Gasteiger partial charge on any atom is 0.233 e. The molecule has 0 N–H and O–H groups in total. The van der Waals surface area contributed by atoms with E-state index in [4.69, 9.17) is 13.9 Å². The van der Waals surface area contributed by atoms with Crippen LogP contribution in [0.25, 0.3) is 0 Å². The van der Waals surface area contributed by atoms with E-state index in [1.165, 1.54) is 19.2 Å². The van der Waals surface area contributed by atoms with Crippen LogP contribution in [0.15, 0.2) is 41.0 Å². The smallest absolute Gasteiger partial charge is 0.233 e. The van der Waals surface area contributed by atoms with Crippen molar-refractivity contribution in [3.8, 4) is 5.75 Å². The lowest BCUT2D eigenvalue weighted by molar-refractivity contribution is -0.124. The molecule has 2 heterocycles. The highest BCUT2D eigenvalue weighted by Crippen LogP contribution is 2.30. The zero-order valence-corrected chi connectivity index (χ0v) is 14.4. The molecule has 1 amide bonds. The van der Waals surface area contributed by atoms with Crippen molar-refractivity contribution in [2.45, 2.75) is 32.4 Å². The van der Waals surface area contributed by atoms with Gasteiger partial charge in [-0.25, -0.2) is 4.39 Å². The van der Waals surface area contributed by atoms with Crippen molar-refractivity contribution in [1.29, 1.82) is 0 Å². The molecule has 0 bridgehead atoms. The summed E-state index contributed by atoms with van der Waals surface area (Å²) in [7, 11) is 1.41. The number of hydrogen-bond acceptors (Lipinski definition) is 4. The predicted molar refractivity (Wildman–Crippen MR) is 91.0 cm³/mol. The fraction of sp³-hybridized carbons (Fsp3) is 0.421. The normalized spacial score (nSPS) is 19.8. The summed E-state index contributed by atoms with van der Waals surface area (Å²) < 4.78 is 30.2. The van der Waals surface area contributed by atoms with Gasteiger partial charge in [0.05, 0.1) is 31.9 Å². The van der Waals surface area contributed by atoms with Crippen LogP contribution in [0.4, 0.5) is 10.1 Å². The minimum atomic E-state index is -0.507. The number of anilines is 1. The molecule has 6 heteroatoms. The van der Waals surface area contributed by atoms with Crippen molar-refractivity contribution >= 4 is 11.6 Å². The van der Waals surface area contributed by atoms with Crippen molar-refractivity contribution in [2.24, 2.45) is 5.92 Å². The Hall–Kier alpha value is -2.34. The summed E-state index contributed by atoms with van der Waals surface area (Å²) >= 11 is 0. The number of rotatable bonds is 6. The third-order valence-corrected chi connectivity index (χ3v) is 4.54. The highest BCUT2D eigenvalue weighted by atomic mass is 19.1. The lowest BCUT2D eigenvalue weighted by atomic mass is 9.97. The molecule has 1 aliphatic heterocycles. The Morgan fingerprint density at radius 2 is 2.24 bits per heavy atom. The highest BCUT2D eigenvalue weighted by Gasteiger charge is 2.36. The first-order valence-corrected chi connectivity index (χ1v) is 8.43. The van der Waals surface area contributed by atoms with Crippen LogP contribution in [0.1, 0.15) is 25.5 Å². The number of hydrogen-bond donors (Lipinski definition) is 0. The van der Waals surface area contributed by atoms with E-state index in [-0.39, 0.29) is 30.2 Å². The molecule has 1 aromatic carbocycles. The van der Waals surface area contributed by atoms with E-state index in [1.54, 1.807) is 29.4 Å². The van der Waals surface area contributed by atoms with E-state index in [2.05, 4.69) is 0 Å². The monoisotopic (exact) mass is 347 g/mol. The number of carbonyl (C=O) groups is 1. The number of benzene rings is 1. The quantitative estimate of drug-likeness (QED) is 0.798. The molecule has 0 saturated carbocycles. The molecule has 0 unspecified atom stereocenters. The van der Waals surface area contributed by atoms with Gasteiger partial charge >= 0.3 is 0 Å². The van der Waals surface area contributed by atoms with E-state index in [1.807, 2.05) is 6.92 Å². The average molecular weight is 347 g/mol. The van der Waals surface area contributed by atoms with E-state index in [9.17, 15) is 9.18 Å². The van der Waals surface area contributed by atoms with Crippen molar-refractivity contribution in [2.75, 3.05) is 18.6 Å². The Labute approximate surface area is 146 Å². The minimum Gasteiger partial charge on any atom is -0.494 e. The van der Waals surface area contributed by atoms with E-state index in [0.29, 0.717) is 24.5 Å². The summed E-state index contributed by atoms with van der Waals surface area (Å²) in [6.07, 6.45) is 2.89. The second-order valence-electron chi connectivity index (χ2n) is 6.04. The summed E-state index contributed by atoms with van der Waals surface area (Å²) in [4.78, 5) is 14.7. The highest BCUT2D eigenvalue weighted by molar-refractivity contribution is 5.95. The molecular weight excluding hydrogens is 325 g/mol. The molecular formula is C19H22FNO4. The van der Waals surface area contributed by atoms with Crippen LogP contribution >= 0.6 is 0 Å². The second kappa shape index (κ2) is 7.70. The summed E-state index contributed by atoms with van der Waals surface area (Å²) in [5.41, 5.74) is 0.474. The Kier molecular flexibility index (Phi) is 5.38. The first-order chi connectivity index (χ1) is 12.1. The lowest BCUT2D eigenvalue weighted by Crippen LogP contribution is -2.39. The first kappa shape index (κ1) is 17.5. The molecule has 1 aromatic heterocycles. The van der Waals surface area contributed by atoms with Crippen LogP contribution < -0.4 is 9.64 Å². The van der Waals surface area contributed by atoms with Crippen LogP contribution in [0.3, 0.4) is 0 Å². The van der Waals surface area contributed by atoms with Crippen LogP contribution in [-0.2, 0) is 16.1 Å². The summed E-state index contributed by atoms with van der Waals surface area (Å²) in [6, 6.07) is 8.08. The van der Waals surface area contributed by atoms with Gasteiger partial charge in [0.2, 0.25) is 5.91 Å². The molecule has 3 rings (SSSR count). The van der Waals surface area contributed by atoms with Crippen LogP contribution in [0, 0.1) is 11.7 Å². The van der Waals surface area contributed by atoms with Crippen molar-refractivity contribution in [1.82, 2.24) is 0 Å². The van der Waals surface area contributed by atoms with Gasteiger partial charge in [-0.2, -0.15) is 0 Å². The number of ether oxygens (including phenoxy) is 2. The molecule has 134 valence electrons. The topological polar surface area (TPSA) is 51.9 Å². The molecule has 2 atom stereocenters. The van der Waals surface area contributed by atoms with Gasteiger partial charge in [-0.3, -0.25) is 4.79 Å². The van der Waals surface area contributed by atoms with Gasteiger partial charge in [-0.05, 0) is 37.1 Å². The SMILES string of the molecule is CC[C@@H]1OCC[C@H]1C(=O)N(Cc1ccco1)c1ccc(OC)c(F)c1. The first-order valence-electron chi connectivity index (χ1n) is 8.43. The Bertz CT molecular complexity index is 716. The molecule has 1 fully saturated rings. The van der Waals surface area contributed by atoms with E-state index < -0.39 is 5.82 Å². The standard InChI is InChI=1S/C19H22FNO4/c1-3-17-15(8-10-25-17)19(22)21(12-14-5-4-9-24-14)13-6-7-18(23-2)16(20)11-13/h4-7,9,11,15,17H,3,8,10,12H2,1-2H3/t15-,17+/m1/s1. The van der Waals surface area contributed by atoms with Gasteiger partial charge in [-0.15, -0.1) is 0 Å². The van der Waals surface area contributed by atoms with Crippen molar-refractivity contribution in [3.05, 3.63) is 48.2 Å². The second-order valence-corrected chi connectivity index (χ2v) is 6.04. The van der Waals surface area contributed by atoms with Gasteiger partial charge in [0.15, 0.2) is 11.6 Å². The van der Waals surface area contributed by atoms with Gasteiger partial charge in [0, 0.05) is 18.4 Å². The molecule has 0 spiro atoms. The number of methoxy groups -OCH3 is 1. The summed E-state index contributed by atoms with van der Waals surface area (Å²) in [6.45, 7) is 2.81. The molecule has 2 aromatic rings. The van der Waals surface area contributed by atoms with Crippen LogP contribution in [-0.4, -0.2) is 25.7 Å². The van der Waals surface area contributed by atoms with Crippen molar-refractivity contribution in [3.63, 3.8) is 0 Å². The third kappa shape index (κ3) is 3.69. The van der Waals surface area contributed by atoms with Crippen LogP contribution in [0.2, 0.25) is 0 Å². The molecule has 1 saturated heterocycles. The fourth-order valence-electron chi connectivity index (χ4n) is 3.21. The number of carbonyl (C=O) groups excluding carboxylic acids is 1. The van der Waals surface area contributed by atoms with E-state index >= 15 is 0 Å². The third-order valence-electron chi connectivity index (χ3n) is 4.54. The molecule has 0 aliphatic carbocycles. The van der Waals surface area contributed by atoms with Gasteiger partial charge in [0.25, 0.3) is 0 Å². The maximum atomic E-state index is 14.2. The van der Waals surface area contributed by atoms with Gasteiger partial charge < -0.3 is 18.8 Å². The number of amides is 1. The average Bonchev–Trinajstić information content (AvgIpc) is 3.30. The largest absolute Gasteiger partial charge is 0.494 e. The minimum absolute atomic E-state index is 0.0784. The molecule has 1 aliphatic rings. The molecule has 25 heavy (non-hydrogen) atoms. The Morgan fingerprint density at radius 3 is 2.88 bits per heavy atom. The fourth-order valence-corrected chi connectivity index (χ4v) is 3.21. The number of nitrogens with zero attached hydrogens (tertiary/aromatic N) is 1. The molecule has 5 nitrogen and oxygen atoms in total. The van der Waals surface area contributed by atoms with Gasteiger partial charge in [0.1, 0.15) is 5.76 Å². The predicted octanol–water partition coefficient (Wildman–Crippen LogP) is 3.78. The molecule has 0 radical (unpaired) electrons. The summed E-state index contributed by atoms with van der Waals surface area (Å²) in [5.74, 6) is -0.0382. The zero-order chi connectivity index (χ0) is 17.8. The Balaban J connectivity index is 1.92. The van der Waals surface area contributed by atoms with Crippen LogP contribution in [0.5, 0.6) is 5.75 Å². The van der Waals surface area contributed by atoms with E-state index in [0.717, 1.165) is 6.42 Å². The Morgan fingerprint density at radius 1 is 1.40 bits per heavy atom. The lowest BCUT2D eigenvalue weighted by Gasteiger charge is -2.27. The summed E-state index contributed by atoms with van der Waals surface area (Å²) in [5, 5.41) is 0. The van der Waals surface area contributed by atoms with Crippen molar-refractivity contribution < 1.29 is 23.1 Å². The van der Waals surface area contributed by atoms with Gasteiger partial charge in [-0.1, -0.05) is 6.92 Å². The number of halogens is 1. The zero-order valence-electron chi connectivity index (χ0n) is 14.4. The maximum absolute atomic E-state index is 14.2. The number of furan rings is 1.